The molecular weight excluding hydrogens is 273 g/mol. The maximum Gasteiger partial charge on any atom is 0.196 e. The highest BCUT2D eigenvalue weighted by Crippen LogP contribution is 2.33. The molecular formula is C16H14FNO3. The van der Waals surface area contributed by atoms with Crippen LogP contribution >= 0.6 is 0 Å². The number of anilines is 1. The van der Waals surface area contributed by atoms with Crippen molar-refractivity contribution in [3.63, 3.8) is 0 Å². The summed E-state index contributed by atoms with van der Waals surface area (Å²) in [5, 5.41) is 3.17. The van der Waals surface area contributed by atoms with Gasteiger partial charge in [0.2, 0.25) is 0 Å². The van der Waals surface area contributed by atoms with E-state index in [0.717, 1.165) is 5.69 Å². The van der Waals surface area contributed by atoms with Crippen molar-refractivity contribution in [2.45, 2.75) is 0 Å². The molecule has 0 atom stereocenters. The van der Waals surface area contributed by atoms with Crippen LogP contribution in [0.3, 0.4) is 0 Å². The van der Waals surface area contributed by atoms with Crippen LogP contribution in [0.15, 0.2) is 36.4 Å². The second-order valence-electron chi connectivity index (χ2n) is 4.64. The topological polar surface area (TPSA) is 47.6 Å². The SMILES string of the molecule is COc1ccc(C(=O)c2cccc3c2OCCN3)cc1F. The van der Waals surface area contributed by atoms with Gasteiger partial charge in [-0.2, -0.15) is 0 Å². The van der Waals surface area contributed by atoms with E-state index in [0.29, 0.717) is 24.5 Å². The highest BCUT2D eigenvalue weighted by Gasteiger charge is 2.21. The number of halogens is 1. The lowest BCUT2D eigenvalue weighted by Gasteiger charge is -2.21. The Kier molecular flexibility index (Phi) is 3.48. The summed E-state index contributed by atoms with van der Waals surface area (Å²) in [5.74, 6) is -0.214. The fraction of sp³-hybridized carbons (Fsp3) is 0.188. The number of rotatable bonds is 3. The Labute approximate surface area is 121 Å². The second-order valence-corrected chi connectivity index (χ2v) is 4.64. The molecule has 0 radical (unpaired) electrons. The Morgan fingerprint density at radius 1 is 1.33 bits per heavy atom. The Morgan fingerprint density at radius 3 is 2.95 bits per heavy atom. The van der Waals surface area contributed by atoms with E-state index in [1.54, 1.807) is 18.2 Å². The first-order valence-corrected chi connectivity index (χ1v) is 6.58. The van der Waals surface area contributed by atoms with Gasteiger partial charge in [-0.15, -0.1) is 0 Å². The van der Waals surface area contributed by atoms with Crippen molar-refractivity contribution >= 4 is 11.5 Å². The molecule has 0 spiro atoms. The van der Waals surface area contributed by atoms with Crippen LogP contribution in [0.1, 0.15) is 15.9 Å². The molecule has 3 rings (SSSR count). The monoisotopic (exact) mass is 287 g/mol. The summed E-state index contributed by atoms with van der Waals surface area (Å²) in [5.41, 5.74) is 1.46. The van der Waals surface area contributed by atoms with Crippen LogP contribution in [0.4, 0.5) is 10.1 Å². The number of ether oxygens (including phenoxy) is 2. The fourth-order valence-electron chi connectivity index (χ4n) is 2.31. The largest absolute Gasteiger partial charge is 0.494 e. The zero-order chi connectivity index (χ0) is 14.8. The average molecular weight is 287 g/mol. The molecule has 0 aliphatic carbocycles. The van der Waals surface area contributed by atoms with E-state index in [1.807, 2.05) is 6.07 Å². The third-order valence-electron chi connectivity index (χ3n) is 3.34. The first-order chi connectivity index (χ1) is 10.2. The fourth-order valence-corrected chi connectivity index (χ4v) is 2.31. The minimum Gasteiger partial charge on any atom is -0.494 e. The molecule has 0 saturated heterocycles. The number of methoxy groups -OCH3 is 1. The number of fused-ring (bicyclic) bond motifs is 1. The molecule has 1 heterocycles. The Bertz CT molecular complexity index is 700. The number of hydrogen-bond acceptors (Lipinski definition) is 4. The lowest BCUT2D eigenvalue weighted by molar-refractivity contribution is 0.103. The standard InChI is InChI=1S/C16H14FNO3/c1-20-14-6-5-10(9-12(14)17)15(19)11-3-2-4-13-16(11)21-8-7-18-13/h2-6,9,18H,7-8H2,1H3. The van der Waals surface area contributed by atoms with E-state index >= 15 is 0 Å². The van der Waals surface area contributed by atoms with Crippen LogP contribution in [0.5, 0.6) is 11.5 Å². The Balaban J connectivity index is 2.01. The van der Waals surface area contributed by atoms with Gasteiger partial charge < -0.3 is 14.8 Å². The van der Waals surface area contributed by atoms with Gasteiger partial charge in [-0.1, -0.05) is 6.07 Å². The molecule has 0 bridgehead atoms. The highest BCUT2D eigenvalue weighted by atomic mass is 19.1. The third-order valence-corrected chi connectivity index (χ3v) is 3.34. The van der Waals surface area contributed by atoms with Crippen LogP contribution in [-0.2, 0) is 0 Å². The van der Waals surface area contributed by atoms with E-state index in [1.165, 1.54) is 19.2 Å². The van der Waals surface area contributed by atoms with E-state index in [-0.39, 0.29) is 17.1 Å². The first kappa shape index (κ1) is 13.4. The molecule has 108 valence electrons. The summed E-state index contributed by atoms with van der Waals surface area (Å²) in [6.45, 7) is 1.19. The molecule has 21 heavy (non-hydrogen) atoms. The molecule has 0 fully saturated rings. The van der Waals surface area contributed by atoms with Crippen LogP contribution in [-0.4, -0.2) is 26.0 Å². The summed E-state index contributed by atoms with van der Waals surface area (Å²) in [6.07, 6.45) is 0. The van der Waals surface area contributed by atoms with Crippen LogP contribution in [0.2, 0.25) is 0 Å². The van der Waals surface area contributed by atoms with Gasteiger partial charge in [0.25, 0.3) is 0 Å². The third kappa shape index (κ3) is 2.42. The lowest BCUT2D eigenvalue weighted by Crippen LogP contribution is -2.20. The van der Waals surface area contributed by atoms with E-state index in [9.17, 15) is 9.18 Å². The second kappa shape index (κ2) is 5.44. The summed E-state index contributed by atoms with van der Waals surface area (Å²) >= 11 is 0. The zero-order valence-corrected chi connectivity index (χ0v) is 11.5. The molecule has 1 aliphatic rings. The summed E-state index contributed by atoms with van der Waals surface area (Å²) in [4.78, 5) is 12.6. The van der Waals surface area contributed by atoms with Crippen molar-refractivity contribution in [1.82, 2.24) is 0 Å². The normalized spacial score (nSPS) is 12.9. The number of ketones is 1. The number of para-hydroxylation sites is 1. The van der Waals surface area contributed by atoms with Crippen molar-refractivity contribution in [3.05, 3.63) is 53.3 Å². The highest BCUT2D eigenvalue weighted by molar-refractivity contribution is 6.11. The van der Waals surface area contributed by atoms with Gasteiger partial charge in [-0.25, -0.2) is 4.39 Å². The first-order valence-electron chi connectivity index (χ1n) is 6.58. The number of carbonyl (C=O) groups excluding carboxylic acids is 1. The number of carbonyl (C=O) groups is 1. The Morgan fingerprint density at radius 2 is 2.19 bits per heavy atom. The van der Waals surface area contributed by atoms with Crippen LogP contribution in [0.25, 0.3) is 0 Å². The molecule has 4 nitrogen and oxygen atoms in total. The van der Waals surface area contributed by atoms with Crippen molar-refractivity contribution in [1.29, 1.82) is 0 Å². The van der Waals surface area contributed by atoms with Gasteiger partial charge >= 0.3 is 0 Å². The van der Waals surface area contributed by atoms with Gasteiger partial charge in [-0.05, 0) is 30.3 Å². The minimum absolute atomic E-state index is 0.111. The lowest BCUT2D eigenvalue weighted by atomic mass is 10.0. The minimum atomic E-state index is -0.563. The molecule has 1 N–H and O–H groups in total. The van der Waals surface area contributed by atoms with Crippen molar-refractivity contribution < 1.29 is 18.7 Å². The molecule has 0 saturated carbocycles. The maximum absolute atomic E-state index is 13.7. The zero-order valence-electron chi connectivity index (χ0n) is 11.5. The molecule has 2 aromatic rings. The van der Waals surface area contributed by atoms with Gasteiger partial charge in [0.05, 0.1) is 18.4 Å². The van der Waals surface area contributed by atoms with Gasteiger partial charge in [0, 0.05) is 12.1 Å². The number of nitrogens with one attached hydrogen (secondary N) is 1. The van der Waals surface area contributed by atoms with Crippen molar-refractivity contribution in [2.24, 2.45) is 0 Å². The van der Waals surface area contributed by atoms with Crippen LogP contribution < -0.4 is 14.8 Å². The molecule has 0 amide bonds. The van der Waals surface area contributed by atoms with Gasteiger partial charge in [-0.3, -0.25) is 4.79 Å². The summed E-state index contributed by atoms with van der Waals surface area (Å²) in [7, 11) is 1.38. The molecule has 1 aliphatic heterocycles. The van der Waals surface area contributed by atoms with Crippen LogP contribution in [0, 0.1) is 5.82 Å². The van der Waals surface area contributed by atoms with Crippen molar-refractivity contribution in [3.8, 4) is 11.5 Å². The van der Waals surface area contributed by atoms with E-state index < -0.39 is 5.82 Å². The molecule has 0 aromatic heterocycles. The van der Waals surface area contributed by atoms with E-state index in [2.05, 4.69) is 5.32 Å². The van der Waals surface area contributed by atoms with Gasteiger partial charge in [0.15, 0.2) is 23.1 Å². The Hall–Kier alpha value is -2.56. The maximum atomic E-state index is 13.7. The number of benzene rings is 2. The smallest absolute Gasteiger partial charge is 0.196 e. The summed E-state index contributed by atoms with van der Waals surface area (Å²) in [6, 6.07) is 9.46. The number of hydrogen-bond donors (Lipinski definition) is 1. The summed E-state index contributed by atoms with van der Waals surface area (Å²) < 4.78 is 24.2. The van der Waals surface area contributed by atoms with Gasteiger partial charge in [0.1, 0.15) is 6.61 Å². The average Bonchev–Trinajstić information content (AvgIpc) is 2.53. The molecule has 2 aromatic carbocycles. The molecule has 0 unspecified atom stereocenters. The van der Waals surface area contributed by atoms with E-state index in [4.69, 9.17) is 9.47 Å². The predicted molar refractivity (Wildman–Crippen MR) is 76.8 cm³/mol. The quantitative estimate of drug-likeness (QED) is 0.882. The molecule has 5 heteroatoms. The van der Waals surface area contributed by atoms with Crippen molar-refractivity contribution in [2.75, 3.05) is 25.6 Å². The predicted octanol–water partition coefficient (Wildman–Crippen LogP) is 2.87.